The molecule has 0 aliphatic carbocycles. The third-order valence-electron chi connectivity index (χ3n) is 3.99. The summed E-state index contributed by atoms with van der Waals surface area (Å²) in [5.41, 5.74) is 1.33. The van der Waals surface area contributed by atoms with Gasteiger partial charge < -0.3 is 19.7 Å². The second kappa shape index (κ2) is 8.48. The molecule has 5 nitrogen and oxygen atoms in total. The summed E-state index contributed by atoms with van der Waals surface area (Å²) in [4.78, 5) is 13.6. The lowest BCUT2D eigenvalue weighted by atomic mass is 10.2. The molecule has 1 saturated heterocycles. The minimum absolute atomic E-state index is 0.114. The van der Waals surface area contributed by atoms with Crippen molar-refractivity contribution in [2.24, 2.45) is 0 Å². The standard InChI is InChI=1S/C19H21FN2O3/c20-18-7-6-17(24-13-15-4-2-1-3-5-15)12-16(18)14-25-19(23)22-10-8-21-9-11-22/h1-7,12,21H,8-11,13-14H2. The molecular weight excluding hydrogens is 323 g/mol. The van der Waals surface area contributed by atoms with Crippen LogP contribution >= 0.6 is 0 Å². The Hall–Kier alpha value is -2.60. The topological polar surface area (TPSA) is 50.8 Å². The minimum Gasteiger partial charge on any atom is -0.489 e. The first-order valence-electron chi connectivity index (χ1n) is 8.30. The highest BCUT2D eigenvalue weighted by Gasteiger charge is 2.18. The van der Waals surface area contributed by atoms with Gasteiger partial charge in [-0.1, -0.05) is 30.3 Å². The Balaban J connectivity index is 1.56. The van der Waals surface area contributed by atoms with Gasteiger partial charge in [0.15, 0.2) is 0 Å². The van der Waals surface area contributed by atoms with E-state index in [-0.39, 0.29) is 6.61 Å². The number of piperazine rings is 1. The van der Waals surface area contributed by atoms with Crippen molar-refractivity contribution in [2.45, 2.75) is 13.2 Å². The van der Waals surface area contributed by atoms with Crippen LogP contribution in [0.4, 0.5) is 9.18 Å². The second-order valence-electron chi connectivity index (χ2n) is 5.82. The molecule has 0 saturated carbocycles. The molecule has 132 valence electrons. The fraction of sp³-hybridized carbons (Fsp3) is 0.316. The van der Waals surface area contributed by atoms with Crippen LogP contribution in [0.3, 0.4) is 0 Å². The van der Waals surface area contributed by atoms with Crippen LogP contribution in [0.25, 0.3) is 0 Å². The molecule has 0 radical (unpaired) electrons. The quantitative estimate of drug-likeness (QED) is 0.906. The molecule has 1 N–H and O–H groups in total. The molecular formula is C19H21FN2O3. The Labute approximate surface area is 146 Å². The fourth-order valence-corrected chi connectivity index (χ4v) is 2.57. The van der Waals surface area contributed by atoms with Gasteiger partial charge in [0.05, 0.1) is 0 Å². The van der Waals surface area contributed by atoms with Crippen molar-refractivity contribution in [1.82, 2.24) is 10.2 Å². The van der Waals surface area contributed by atoms with Gasteiger partial charge in [0.25, 0.3) is 0 Å². The van der Waals surface area contributed by atoms with Crippen molar-refractivity contribution < 1.29 is 18.7 Å². The molecule has 25 heavy (non-hydrogen) atoms. The Morgan fingerprint density at radius 3 is 2.60 bits per heavy atom. The van der Waals surface area contributed by atoms with Gasteiger partial charge in [-0.3, -0.25) is 0 Å². The van der Waals surface area contributed by atoms with Crippen LogP contribution in [0.1, 0.15) is 11.1 Å². The number of amides is 1. The van der Waals surface area contributed by atoms with Gasteiger partial charge in [-0.15, -0.1) is 0 Å². The summed E-state index contributed by atoms with van der Waals surface area (Å²) in [6.45, 7) is 2.96. The third-order valence-corrected chi connectivity index (χ3v) is 3.99. The van der Waals surface area contributed by atoms with Gasteiger partial charge in [0.2, 0.25) is 0 Å². The number of halogens is 1. The summed E-state index contributed by atoms with van der Waals surface area (Å²) >= 11 is 0. The first kappa shape index (κ1) is 17.2. The number of rotatable bonds is 5. The molecule has 0 aromatic heterocycles. The number of ether oxygens (including phenoxy) is 2. The molecule has 1 fully saturated rings. The van der Waals surface area contributed by atoms with Crippen LogP contribution in [0.15, 0.2) is 48.5 Å². The van der Waals surface area contributed by atoms with Crippen molar-refractivity contribution >= 4 is 6.09 Å². The number of hydrogen-bond donors (Lipinski definition) is 1. The maximum absolute atomic E-state index is 14.0. The van der Waals surface area contributed by atoms with Gasteiger partial charge in [0.1, 0.15) is 24.8 Å². The van der Waals surface area contributed by atoms with Crippen molar-refractivity contribution in [3.05, 3.63) is 65.5 Å². The van der Waals surface area contributed by atoms with Crippen LogP contribution in [-0.4, -0.2) is 37.2 Å². The maximum Gasteiger partial charge on any atom is 0.410 e. The number of carbonyl (C=O) groups excluding carboxylic acids is 1. The highest BCUT2D eigenvalue weighted by atomic mass is 19.1. The predicted octanol–water partition coefficient (Wildman–Crippen LogP) is 2.95. The zero-order valence-electron chi connectivity index (χ0n) is 13.9. The van der Waals surface area contributed by atoms with Gasteiger partial charge in [-0.05, 0) is 23.8 Å². The Morgan fingerprint density at radius 2 is 1.84 bits per heavy atom. The molecule has 6 heteroatoms. The zero-order chi connectivity index (χ0) is 17.5. The second-order valence-corrected chi connectivity index (χ2v) is 5.82. The first-order chi connectivity index (χ1) is 12.2. The SMILES string of the molecule is O=C(OCc1cc(OCc2ccccc2)ccc1F)N1CCNCC1. The van der Waals surface area contributed by atoms with Crippen molar-refractivity contribution in [3.8, 4) is 5.75 Å². The summed E-state index contributed by atoms with van der Waals surface area (Å²) in [5.74, 6) is 0.124. The van der Waals surface area contributed by atoms with E-state index in [4.69, 9.17) is 9.47 Å². The Kier molecular flexibility index (Phi) is 5.85. The molecule has 1 aliphatic rings. The average molecular weight is 344 g/mol. The van der Waals surface area contributed by atoms with E-state index in [9.17, 15) is 9.18 Å². The van der Waals surface area contributed by atoms with E-state index in [1.54, 1.807) is 17.0 Å². The summed E-state index contributed by atoms with van der Waals surface area (Å²) in [7, 11) is 0. The van der Waals surface area contributed by atoms with Crippen LogP contribution < -0.4 is 10.1 Å². The van der Waals surface area contributed by atoms with Gasteiger partial charge in [-0.25, -0.2) is 9.18 Å². The van der Waals surface area contributed by atoms with E-state index >= 15 is 0 Å². The predicted molar refractivity (Wildman–Crippen MR) is 91.8 cm³/mol. The number of benzene rings is 2. The molecule has 1 amide bonds. The smallest absolute Gasteiger partial charge is 0.410 e. The van der Waals surface area contributed by atoms with Crippen LogP contribution in [0, 0.1) is 5.82 Å². The van der Waals surface area contributed by atoms with Crippen molar-refractivity contribution in [2.75, 3.05) is 26.2 Å². The largest absolute Gasteiger partial charge is 0.489 e. The highest BCUT2D eigenvalue weighted by molar-refractivity contribution is 5.67. The van der Waals surface area contributed by atoms with Crippen molar-refractivity contribution in [1.29, 1.82) is 0 Å². The van der Waals surface area contributed by atoms with Crippen LogP contribution in [0.5, 0.6) is 5.75 Å². The molecule has 0 spiro atoms. The lowest BCUT2D eigenvalue weighted by Gasteiger charge is -2.26. The summed E-state index contributed by atoms with van der Waals surface area (Å²) in [6, 6.07) is 14.2. The molecule has 0 bridgehead atoms. The molecule has 1 heterocycles. The summed E-state index contributed by atoms with van der Waals surface area (Å²) in [5, 5.41) is 3.16. The van der Waals surface area contributed by atoms with Crippen LogP contribution in [-0.2, 0) is 18.0 Å². The third kappa shape index (κ3) is 4.93. The fourth-order valence-electron chi connectivity index (χ4n) is 2.57. The Morgan fingerprint density at radius 1 is 1.08 bits per heavy atom. The molecule has 1 aliphatic heterocycles. The number of nitrogens with one attached hydrogen (secondary N) is 1. The average Bonchev–Trinajstić information content (AvgIpc) is 2.67. The van der Waals surface area contributed by atoms with Gasteiger partial charge in [0, 0.05) is 31.7 Å². The number of hydrogen-bond acceptors (Lipinski definition) is 4. The van der Waals surface area contributed by atoms with E-state index in [1.807, 2.05) is 30.3 Å². The molecule has 2 aromatic rings. The lowest BCUT2D eigenvalue weighted by Crippen LogP contribution is -2.46. The minimum atomic E-state index is -0.420. The number of nitrogens with zero attached hydrogens (tertiary/aromatic N) is 1. The molecule has 3 rings (SSSR count). The molecule has 0 unspecified atom stereocenters. The highest BCUT2D eigenvalue weighted by Crippen LogP contribution is 2.19. The number of carbonyl (C=O) groups is 1. The van der Waals surface area contributed by atoms with Crippen molar-refractivity contribution in [3.63, 3.8) is 0 Å². The molecule has 2 aromatic carbocycles. The van der Waals surface area contributed by atoms with Gasteiger partial charge >= 0.3 is 6.09 Å². The van der Waals surface area contributed by atoms with Crippen LogP contribution in [0.2, 0.25) is 0 Å². The zero-order valence-corrected chi connectivity index (χ0v) is 13.9. The van der Waals surface area contributed by atoms with E-state index in [0.717, 1.165) is 18.7 Å². The summed E-state index contributed by atoms with van der Waals surface area (Å²) in [6.07, 6.45) is -0.420. The first-order valence-corrected chi connectivity index (χ1v) is 8.30. The summed E-state index contributed by atoms with van der Waals surface area (Å²) < 4.78 is 24.9. The normalized spacial score (nSPS) is 14.2. The van der Waals surface area contributed by atoms with E-state index in [2.05, 4.69) is 5.32 Å². The van der Waals surface area contributed by atoms with E-state index < -0.39 is 11.9 Å². The molecule has 0 atom stereocenters. The lowest BCUT2D eigenvalue weighted by molar-refractivity contribution is 0.0908. The Bertz CT molecular complexity index is 703. The van der Waals surface area contributed by atoms with E-state index in [1.165, 1.54) is 6.07 Å². The van der Waals surface area contributed by atoms with Gasteiger partial charge in [-0.2, -0.15) is 0 Å². The maximum atomic E-state index is 14.0. The monoisotopic (exact) mass is 344 g/mol. The van der Waals surface area contributed by atoms with E-state index in [0.29, 0.717) is 31.0 Å².